The molecule has 2 aromatic carbocycles. The van der Waals surface area contributed by atoms with Gasteiger partial charge in [0.25, 0.3) is 0 Å². The van der Waals surface area contributed by atoms with Crippen LogP contribution in [0.4, 0.5) is 11.4 Å². The van der Waals surface area contributed by atoms with Gasteiger partial charge in [-0.15, -0.1) is 0 Å². The molecule has 2 aromatic rings. The Morgan fingerprint density at radius 2 is 1.68 bits per heavy atom. The first-order chi connectivity index (χ1) is 16.5. The summed E-state index contributed by atoms with van der Waals surface area (Å²) in [5, 5.41) is 0. The molecular weight excluding hydrogens is 432 g/mol. The molecule has 3 amide bonds. The maximum atomic E-state index is 12.9. The van der Waals surface area contributed by atoms with Crippen LogP contribution in [0.1, 0.15) is 31.7 Å². The van der Waals surface area contributed by atoms with E-state index in [1.54, 1.807) is 29.2 Å². The van der Waals surface area contributed by atoms with Crippen LogP contribution in [-0.4, -0.2) is 30.2 Å². The maximum Gasteiger partial charge on any atom is 0.316 e. The van der Waals surface area contributed by atoms with E-state index in [9.17, 15) is 19.2 Å². The zero-order valence-corrected chi connectivity index (χ0v) is 19.0. The van der Waals surface area contributed by atoms with Crippen molar-refractivity contribution in [2.24, 2.45) is 17.8 Å². The molecule has 2 aliphatic heterocycles. The number of esters is 1. The normalized spacial score (nSPS) is 24.0. The number of carbonyl (C=O) groups is 4. The average Bonchev–Trinajstić information content (AvgIpc) is 3.36. The van der Waals surface area contributed by atoms with E-state index in [4.69, 9.17) is 4.74 Å². The van der Waals surface area contributed by atoms with Gasteiger partial charge in [0.05, 0.1) is 23.4 Å². The fourth-order valence-electron chi connectivity index (χ4n) is 5.11. The first-order valence-corrected chi connectivity index (χ1v) is 11.7. The number of anilines is 2. The van der Waals surface area contributed by atoms with Crippen molar-refractivity contribution in [3.05, 3.63) is 66.2 Å². The summed E-state index contributed by atoms with van der Waals surface area (Å²) >= 11 is 0. The Bertz CT molecular complexity index is 1180. The minimum absolute atomic E-state index is 0.0794. The van der Waals surface area contributed by atoms with Crippen molar-refractivity contribution in [2.45, 2.75) is 32.6 Å². The zero-order chi connectivity index (χ0) is 23.8. The molecule has 0 bridgehead atoms. The number of rotatable bonds is 5. The molecule has 5 rings (SSSR count). The van der Waals surface area contributed by atoms with Crippen molar-refractivity contribution in [1.82, 2.24) is 0 Å². The first-order valence-electron chi connectivity index (χ1n) is 11.7. The molecule has 0 saturated carbocycles. The predicted octanol–water partition coefficient (Wildman–Crippen LogP) is 3.66. The number of benzene rings is 2. The summed E-state index contributed by atoms with van der Waals surface area (Å²) in [5.74, 6) is -2.04. The van der Waals surface area contributed by atoms with Gasteiger partial charge in [-0.25, -0.2) is 4.90 Å². The van der Waals surface area contributed by atoms with Gasteiger partial charge in [0.15, 0.2) is 0 Å². The van der Waals surface area contributed by atoms with E-state index in [0.29, 0.717) is 18.5 Å². The Labute approximate surface area is 198 Å². The molecule has 7 heteroatoms. The third-order valence-electron chi connectivity index (χ3n) is 6.92. The smallest absolute Gasteiger partial charge is 0.316 e. The summed E-state index contributed by atoms with van der Waals surface area (Å²) in [6, 6.07) is 14.2. The van der Waals surface area contributed by atoms with E-state index < -0.39 is 11.9 Å². The number of aryl methyl sites for hydroxylation is 1. The van der Waals surface area contributed by atoms with Gasteiger partial charge in [-0.2, -0.15) is 0 Å². The van der Waals surface area contributed by atoms with Crippen molar-refractivity contribution in [3.8, 4) is 5.75 Å². The summed E-state index contributed by atoms with van der Waals surface area (Å²) in [7, 11) is 0. The number of imide groups is 1. The van der Waals surface area contributed by atoms with Gasteiger partial charge < -0.3 is 9.64 Å². The average molecular weight is 459 g/mol. The molecule has 3 atom stereocenters. The van der Waals surface area contributed by atoms with Crippen LogP contribution in [0, 0.1) is 17.8 Å². The van der Waals surface area contributed by atoms with Gasteiger partial charge in [0, 0.05) is 24.7 Å². The Hall–Kier alpha value is -3.74. The van der Waals surface area contributed by atoms with Gasteiger partial charge >= 0.3 is 5.97 Å². The highest BCUT2D eigenvalue weighted by molar-refractivity contribution is 6.22. The maximum absolute atomic E-state index is 12.9. The molecule has 0 aromatic heterocycles. The van der Waals surface area contributed by atoms with Gasteiger partial charge in [0.2, 0.25) is 17.7 Å². The highest BCUT2D eigenvalue weighted by atomic mass is 16.5. The highest BCUT2D eigenvalue weighted by Crippen LogP contribution is 2.38. The molecule has 2 saturated heterocycles. The second-order valence-corrected chi connectivity index (χ2v) is 8.97. The summed E-state index contributed by atoms with van der Waals surface area (Å²) in [4.78, 5) is 54.2. The molecule has 2 fully saturated rings. The molecule has 2 heterocycles. The largest absolute Gasteiger partial charge is 0.426 e. The van der Waals surface area contributed by atoms with Gasteiger partial charge in [0.1, 0.15) is 5.75 Å². The fraction of sp³-hybridized carbons (Fsp3) is 0.333. The molecule has 0 N–H and O–H groups in total. The Balaban J connectivity index is 1.30. The number of hydrogen-bond acceptors (Lipinski definition) is 5. The van der Waals surface area contributed by atoms with E-state index in [0.717, 1.165) is 17.7 Å². The van der Waals surface area contributed by atoms with E-state index in [1.807, 2.05) is 43.3 Å². The van der Waals surface area contributed by atoms with E-state index in [1.165, 1.54) is 4.90 Å². The first kappa shape index (κ1) is 22.1. The number of ether oxygens (including phenoxy) is 1. The summed E-state index contributed by atoms with van der Waals surface area (Å²) in [5.41, 5.74) is 2.28. The van der Waals surface area contributed by atoms with Crippen LogP contribution in [-0.2, 0) is 25.6 Å². The number of carbonyl (C=O) groups excluding carboxylic acids is 4. The molecule has 0 radical (unpaired) electrons. The molecule has 7 nitrogen and oxygen atoms in total. The number of para-hydroxylation sites is 1. The minimum Gasteiger partial charge on any atom is -0.426 e. The summed E-state index contributed by atoms with van der Waals surface area (Å²) in [6.45, 7) is 2.28. The van der Waals surface area contributed by atoms with Crippen LogP contribution < -0.4 is 14.5 Å². The van der Waals surface area contributed by atoms with Gasteiger partial charge in [-0.3, -0.25) is 19.2 Å². The quantitative estimate of drug-likeness (QED) is 0.296. The van der Waals surface area contributed by atoms with Crippen LogP contribution in [0.2, 0.25) is 0 Å². The number of allylic oxidation sites excluding steroid dienone is 2. The van der Waals surface area contributed by atoms with Crippen molar-refractivity contribution < 1.29 is 23.9 Å². The minimum atomic E-state index is -0.593. The number of amides is 3. The SMILES string of the molecule is CCc1ccccc1N1C[C@@H](C(=O)Oc2cccc(N3C(=O)[C@H]4CC=CC[C@H]4C3=O)c2)CC1=O. The van der Waals surface area contributed by atoms with E-state index in [-0.39, 0.29) is 48.3 Å². The Morgan fingerprint density at radius 1 is 0.971 bits per heavy atom. The van der Waals surface area contributed by atoms with Crippen LogP contribution in [0.15, 0.2) is 60.7 Å². The van der Waals surface area contributed by atoms with Crippen LogP contribution in [0.5, 0.6) is 5.75 Å². The lowest BCUT2D eigenvalue weighted by Crippen LogP contribution is -2.31. The predicted molar refractivity (Wildman–Crippen MR) is 126 cm³/mol. The lowest BCUT2D eigenvalue weighted by Gasteiger charge is -2.20. The van der Waals surface area contributed by atoms with E-state index in [2.05, 4.69) is 0 Å². The summed E-state index contributed by atoms with van der Waals surface area (Å²) < 4.78 is 5.60. The van der Waals surface area contributed by atoms with Crippen molar-refractivity contribution in [1.29, 1.82) is 0 Å². The van der Waals surface area contributed by atoms with Crippen molar-refractivity contribution in [3.63, 3.8) is 0 Å². The number of hydrogen-bond donors (Lipinski definition) is 0. The zero-order valence-electron chi connectivity index (χ0n) is 19.0. The Morgan fingerprint density at radius 3 is 2.38 bits per heavy atom. The molecule has 0 spiro atoms. The van der Waals surface area contributed by atoms with Crippen LogP contribution in [0.3, 0.4) is 0 Å². The Kier molecular flexibility index (Phi) is 5.77. The van der Waals surface area contributed by atoms with Crippen LogP contribution in [0.25, 0.3) is 0 Å². The molecule has 174 valence electrons. The second kappa shape index (κ2) is 8.89. The number of fused-ring (bicyclic) bond motifs is 1. The second-order valence-electron chi connectivity index (χ2n) is 8.97. The topological polar surface area (TPSA) is 84.0 Å². The molecule has 1 aliphatic carbocycles. The van der Waals surface area contributed by atoms with Crippen LogP contribution >= 0.6 is 0 Å². The molecule has 0 unspecified atom stereocenters. The number of nitrogens with zero attached hydrogens (tertiary/aromatic N) is 2. The monoisotopic (exact) mass is 458 g/mol. The lowest BCUT2D eigenvalue weighted by atomic mass is 9.85. The molecular formula is C27H26N2O5. The molecule has 3 aliphatic rings. The van der Waals surface area contributed by atoms with Crippen molar-refractivity contribution in [2.75, 3.05) is 16.3 Å². The third-order valence-corrected chi connectivity index (χ3v) is 6.92. The fourth-order valence-corrected chi connectivity index (χ4v) is 5.11. The van der Waals surface area contributed by atoms with Crippen molar-refractivity contribution >= 4 is 35.1 Å². The summed E-state index contributed by atoms with van der Waals surface area (Å²) in [6.07, 6.45) is 5.88. The van der Waals surface area contributed by atoms with Gasteiger partial charge in [-0.1, -0.05) is 43.3 Å². The standard InChI is InChI=1S/C27H26N2O5/c1-2-17-8-3-6-13-23(17)28-16-18(14-24(28)30)27(33)34-20-10-7-9-19(15-20)29-25(31)21-11-4-5-12-22(21)26(29)32/h3-10,13,15,18,21-22H,2,11-12,14,16H2,1H3/t18-,21-,22+/m0/s1. The third kappa shape index (κ3) is 3.81. The molecule has 34 heavy (non-hydrogen) atoms. The lowest BCUT2D eigenvalue weighted by molar-refractivity contribution is -0.139. The van der Waals surface area contributed by atoms with Gasteiger partial charge in [-0.05, 0) is 43.0 Å². The van der Waals surface area contributed by atoms with E-state index >= 15 is 0 Å². The highest BCUT2D eigenvalue weighted by Gasteiger charge is 2.48.